The van der Waals surface area contributed by atoms with E-state index in [9.17, 15) is 4.79 Å². The molecule has 5 nitrogen and oxygen atoms in total. The van der Waals surface area contributed by atoms with Crippen LogP contribution in [0.3, 0.4) is 0 Å². The minimum atomic E-state index is -0.434. The van der Waals surface area contributed by atoms with Gasteiger partial charge in [0.1, 0.15) is 5.60 Å². The van der Waals surface area contributed by atoms with Crippen molar-refractivity contribution in [3.63, 3.8) is 0 Å². The molecule has 2 unspecified atom stereocenters. The third-order valence-electron chi connectivity index (χ3n) is 4.58. The maximum absolute atomic E-state index is 12.2. The molecule has 5 heteroatoms. The van der Waals surface area contributed by atoms with Gasteiger partial charge in [-0.3, -0.25) is 0 Å². The second-order valence-electron chi connectivity index (χ2n) is 8.05. The summed E-state index contributed by atoms with van der Waals surface area (Å²) in [5.41, 5.74) is -0.450. The molecule has 1 N–H and O–H groups in total. The van der Waals surface area contributed by atoms with E-state index in [2.05, 4.69) is 19.2 Å². The molecule has 0 saturated carbocycles. The number of rotatable bonds is 2. The van der Waals surface area contributed by atoms with Crippen LogP contribution in [-0.2, 0) is 9.47 Å². The Morgan fingerprint density at radius 3 is 2.45 bits per heavy atom. The van der Waals surface area contributed by atoms with Crippen molar-refractivity contribution in [3.05, 3.63) is 0 Å². The maximum atomic E-state index is 12.2. The molecule has 22 heavy (non-hydrogen) atoms. The Labute approximate surface area is 134 Å². The van der Waals surface area contributed by atoms with E-state index >= 15 is 0 Å². The highest BCUT2D eigenvalue weighted by Crippen LogP contribution is 2.30. The van der Waals surface area contributed by atoms with Crippen LogP contribution in [0.5, 0.6) is 0 Å². The van der Waals surface area contributed by atoms with Crippen LogP contribution >= 0.6 is 0 Å². The molecule has 2 fully saturated rings. The summed E-state index contributed by atoms with van der Waals surface area (Å²) in [6.45, 7) is 13.6. The molecule has 0 radical (unpaired) electrons. The highest BCUT2D eigenvalue weighted by atomic mass is 16.6. The summed E-state index contributed by atoms with van der Waals surface area (Å²) in [6, 6.07) is 0. The van der Waals surface area contributed by atoms with Crippen molar-refractivity contribution < 1.29 is 14.3 Å². The first kappa shape index (κ1) is 17.5. The fraction of sp³-hybridized carbons (Fsp3) is 0.941. The average molecular weight is 312 g/mol. The number of carbonyl (C=O) groups excluding carboxylic acids is 1. The van der Waals surface area contributed by atoms with Gasteiger partial charge in [-0.1, -0.05) is 6.92 Å². The first-order valence-corrected chi connectivity index (χ1v) is 8.55. The fourth-order valence-corrected chi connectivity index (χ4v) is 3.23. The minimum Gasteiger partial charge on any atom is -0.444 e. The summed E-state index contributed by atoms with van der Waals surface area (Å²) in [4.78, 5) is 14.0. The molecule has 0 aromatic rings. The van der Waals surface area contributed by atoms with Crippen molar-refractivity contribution in [2.75, 3.05) is 26.2 Å². The predicted molar refractivity (Wildman–Crippen MR) is 87.0 cm³/mol. The number of ether oxygens (including phenoxy) is 2. The van der Waals surface area contributed by atoms with Crippen molar-refractivity contribution in [2.45, 2.75) is 71.2 Å². The molecule has 2 aliphatic rings. The van der Waals surface area contributed by atoms with E-state index < -0.39 is 5.60 Å². The number of hydrogen-bond acceptors (Lipinski definition) is 4. The highest BCUT2D eigenvalue weighted by Gasteiger charge is 2.37. The van der Waals surface area contributed by atoms with Gasteiger partial charge < -0.3 is 19.7 Å². The van der Waals surface area contributed by atoms with Gasteiger partial charge in [0.05, 0.1) is 11.7 Å². The lowest BCUT2D eigenvalue weighted by atomic mass is 9.91. The zero-order valence-corrected chi connectivity index (χ0v) is 14.8. The molecule has 2 saturated heterocycles. The van der Waals surface area contributed by atoms with Crippen LogP contribution in [0.4, 0.5) is 4.79 Å². The predicted octanol–water partition coefficient (Wildman–Crippen LogP) is 2.79. The fourth-order valence-electron chi connectivity index (χ4n) is 3.23. The average Bonchev–Trinajstić information content (AvgIpc) is 2.39. The lowest BCUT2D eigenvalue weighted by Crippen LogP contribution is -2.51. The molecule has 0 aromatic carbocycles. The molecule has 128 valence electrons. The summed E-state index contributed by atoms with van der Waals surface area (Å²) in [5, 5.41) is 3.38. The second-order valence-corrected chi connectivity index (χ2v) is 8.05. The molecule has 2 heterocycles. The highest BCUT2D eigenvalue weighted by molar-refractivity contribution is 5.68. The lowest BCUT2D eigenvalue weighted by molar-refractivity contribution is -0.133. The minimum absolute atomic E-state index is 0.0156. The Hall–Kier alpha value is -0.810. The standard InChI is InChI=1S/C17H32N2O3/c1-13-12-19(15(20)22-16(2,3)4)11-6-14(13)21-17(5)7-9-18-10-8-17/h13-14,18H,6-12H2,1-5H3. The van der Waals surface area contributed by atoms with Gasteiger partial charge in [0.2, 0.25) is 0 Å². The Bertz CT molecular complexity index is 386. The SMILES string of the molecule is CC1CN(C(=O)OC(C)(C)C)CCC1OC1(C)CCNCC1. The van der Waals surface area contributed by atoms with Gasteiger partial charge >= 0.3 is 6.09 Å². The van der Waals surface area contributed by atoms with E-state index in [1.54, 1.807) is 0 Å². The molecule has 2 aliphatic heterocycles. The van der Waals surface area contributed by atoms with Gasteiger partial charge in [-0.2, -0.15) is 0 Å². The Morgan fingerprint density at radius 2 is 1.91 bits per heavy atom. The van der Waals surface area contributed by atoms with Crippen molar-refractivity contribution in [3.8, 4) is 0 Å². The van der Waals surface area contributed by atoms with Crippen LogP contribution in [0.25, 0.3) is 0 Å². The van der Waals surface area contributed by atoms with Gasteiger partial charge in [0, 0.05) is 19.0 Å². The molecule has 0 spiro atoms. The summed E-state index contributed by atoms with van der Waals surface area (Å²) < 4.78 is 11.9. The molecule has 2 atom stereocenters. The van der Waals surface area contributed by atoms with E-state index in [4.69, 9.17) is 9.47 Å². The van der Waals surface area contributed by atoms with Gasteiger partial charge in [-0.05, 0) is 60.0 Å². The van der Waals surface area contributed by atoms with Gasteiger partial charge in [-0.15, -0.1) is 0 Å². The number of likely N-dealkylation sites (tertiary alicyclic amines) is 1. The Kier molecular flexibility index (Phi) is 5.38. The molecule has 0 bridgehead atoms. The van der Waals surface area contributed by atoms with E-state index in [-0.39, 0.29) is 17.8 Å². The summed E-state index contributed by atoms with van der Waals surface area (Å²) >= 11 is 0. The third-order valence-corrected chi connectivity index (χ3v) is 4.58. The quantitative estimate of drug-likeness (QED) is 0.852. The molecule has 1 amide bonds. The second kappa shape index (κ2) is 6.75. The van der Waals surface area contributed by atoms with E-state index in [1.807, 2.05) is 25.7 Å². The number of nitrogens with one attached hydrogen (secondary N) is 1. The topological polar surface area (TPSA) is 50.8 Å². The van der Waals surface area contributed by atoms with Crippen LogP contribution in [0.15, 0.2) is 0 Å². The van der Waals surface area contributed by atoms with E-state index in [1.165, 1.54) is 0 Å². The van der Waals surface area contributed by atoms with Crippen LogP contribution in [0, 0.1) is 5.92 Å². The zero-order valence-electron chi connectivity index (χ0n) is 14.8. The number of nitrogens with zero attached hydrogens (tertiary/aromatic N) is 1. The first-order chi connectivity index (χ1) is 10.2. The van der Waals surface area contributed by atoms with Crippen LogP contribution in [0.2, 0.25) is 0 Å². The molecular formula is C17H32N2O3. The molecular weight excluding hydrogens is 280 g/mol. The molecule has 2 rings (SSSR count). The van der Waals surface area contributed by atoms with E-state index in [0.29, 0.717) is 12.5 Å². The van der Waals surface area contributed by atoms with Crippen LogP contribution in [-0.4, -0.2) is 54.5 Å². The Morgan fingerprint density at radius 1 is 1.27 bits per heavy atom. The van der Waals surface area contributed by atoms with Crippen LogP contribution < -0.4 is 5.32 Å². The number of carbonyl (C=O) groups is 1. The van der Waals surface area contributed by atoms with Gasteiger partial charge in [0.15, 0.2) is 0 Å². The van der Waals surface area contributed by atoms with Gasteiger partial charge in [-0.25, -0.2) is 4.79 Å². The smallest absolute Gasteiger partial charge is 0.410 e. The van der Waals surface area contributed by atoms with Gasteiger partial charge in [0.25, 0.3) is 0 Å². The number of hydrogen-bond donors (Lipinski definition) is 1. The van der Waals surface area contributed by atoms with Crippen molar-refractivity contribution in [1.82, 2.24) is 10.2 Å². The largest absolute Gasteiger partial charge is 0.444 e. The number of amides is 1. The molecule has 0 aliphatic carbocycles. The summed E-state index contributed by atoms with van der Waals surface area (Å²) in [6.07, 6.45) is 3.05. The normalized spacial score (nSPS) is 29.2. The Balaban J connectivity index is 1.86. The summed E-state index contributed by atoms with van der Waals surface area (Å²) in [5.74, 6) is 0.341. The van der Waals surface area contributed by atoms with Crippen molar-refractivity contribution in [1.29, 1.82) is 0 Å². The zero-order chi connectivity index (χ0) is 16.4. The van der Waals surface area contributed by atoms with E-state index in [0.717, 1.165) is 38.9 Å². The molecule has 0 aromatic heterocycles. The maximum Gasteiger partial charge on any atom is 0.410 e. The van der Waals surface area contributed by atoms with Crippen LogP contribution in [0.1, 0.15) is 53.9 Å². The van der Waals surface area contributed by atoms with Crippen molar-refractivity contribution in [2.24, 2.45) is 5.92 Å². The summed E-state index contributed by atoms with van der Waals surface area (Å²) in [7, 11) is 0. The number of piperidine rings is 2. The third kappa shape index (κ3) is 4.85. The first-order valence-electron chi connectivity index (χ1n) is 8.55. The van der Waals surface area contributed by atoms with Crippen molar-refractivity contribution >= 4 is 6.09 Å². The monoisotopic (exact) mass is 312 g/mol. The lowest BCUT2D eigenvalue weighted by Gasteiger charge is -2.43.